The molecule has 1 amide bonds. The Kier molecular flexibility index (Phi) is 6.39. The van der Waals surface area contributed by atoms with Gasteiger partial charge in [0.05, 0.1) is 5.75 Å². The molecule has 30 heavy (non-hydrogen) atoms. The highest BCUT2D eigenvalue weighted by molar-refractivity contribution is 7.99. The standard InChI is InChI=1S/C23H26N4OS2/c1-4-11-27-22(19-13-29-20-12-16(3)7-10-18(19)20)25-26-23(27)30-14-21(28)24-17-8-5-15(2)6-9-17/h4-6,8-9,13,16H,1,7,10-12,14H2,2-3H3,(H,24,28). The van der Waals surface area contributed by atoms with Crippen molar-refractivity contribution in [2.75, 3.05) is 11.1 Å². The van der Waals surface area contributed by atoms with Crippen LogP contribution in [0.15, 0.2) is 47.5 Å². The smallest absolute Gasteiger partial charge is 0.234 e. The summed E-state index contributed by atoms with van der Waals surface area (Å²) < 4.78 is 2.07. The molecule has 3 aromatic rings. The first-order valence-electron chi connectivity index (χ1n) is 10.2. The van der Waals surface area contributed by atoms with Gasteiger partial charge in [-0.3, -0.25) is 9.36 Å². The zero-order chi connectivity index (χ0) is 21.1. The van der Waals surface area contributed by atoms with Crippen LogP contribution >= 0.6 is 23.1 Å². The van der Waals surface area contributed by atoms with E-state index in [9.17, 15) is 4.79 Å². The van der Waals surface area contributed by atoms with E-state index in [0.29, 0.717) is 6.54 Å². The van der Waals surface area contributed by atoms with Gasteiger partial charge in [-0.1, -0.05) is 42.5 Å². The molecule has 4 rings (SSSR count). The van der Waals surface area contributed by atoms with Crippen LogP contribution in [0.4, 0.5) is 5.69 Å². The van der Waals surface area contributed by atoms with E-state index in [1.165, 1.54) is 34.2 Å². The maximum absolute atomic E-state index is 12.4. The van der Waals surface area contributed by atoms with Crippen molar-refractivity contribution in [2.24, 2.45) is 5.92 Å². The van der Waals surface area contributed by atoms with Crippen molar-refractivity contribution in [2.45, 2.75) is 44.8 Å². The Morgan fingerprint density at radius 3 is 2.93 bits per heavy atom. The maximum Gasteiger partial charge on any atom is 0.234 e. The van der Waals surface area contributed by atoms with Crippen LogP contribution in [0.3, 0.4) is 0 Å². The lowest BCUT2D eigenvalue weighted by Gasteiger charge is -2.19. The number of thioether (sulfide) groups is 1. The van der Waals surface area contributed by atoms with Crippen LogP contribution in [0.25, 0.3) is 11.4 Å². The SMILES string of the molecule is C=CCn1c(SCC(=O)Nc2ccc(C)cc2)nnc1-c1csc2c1CCC(C)C2. The van der Waals surface area contributed by atoms with Crippen molar-refractivity contribution in [3.8, 4) is 11.4 Å². The van der Waals surface area contributed by atoms with E-state index in [2.05, 4.69) is 39.0 Å². The normalized spacial score (nSPS) is 15.6. The predicted octanol–water partition coefficient (Wildman–Crippen LogP) is 5.36. The first-order valence-corrected chi connectivity index (χ1v) is 12.0. The number of allylic oxidation sites excluding steroid dienone is 1. The van der Waals surface area contributed by atoms with Crippen LogP contribution in [-0.2, 0) is 24.2 Å². The summed E-state index contributed by atoms with van der Waals surface area (Å²) in [6, 6.07) is 7.80. The third-order valence-electron chi connectivity index (χ3n) is 5.34. The lowest BCUT2D eigenvalue weighted by atomic mass is 9.88. The van der Waals surface area contributed by atoms with Crippen molar-refractivity contribution in [3.05, 3.63) is 58.3 Å². The van der Waals surface area contributed by atoms with Gasteiger partial charge in [-0.25, -0.2) is 0 Å². The molecule has 7 heteroatoms. The van der Waals surface area contributed by atoms with E-state index in [4.69, 9.17) is 0 Å². The summed E-state index contributed by atoms with van der Waals surface area (Å²) in [5.74, 6) is 1.85. The van der Waals surface area contributed by atoms with Crippen molar-refractivity contribution in [1.29, 1.82) is 0 Å². The Labute approximate surface area is 185 Å². The number of hydrogen-bond acceptors (Lipinski definition) is 5. The van der Waals surface area contributed by atoms with E-state index in [0.717, 1.165) is 41.0 Å². The minimum absolute atomic E-state index is 0.0551. The van der Waals surface area contributed by atoms with E-state index in [1.54, 1.807) is 0 Å². The predicted molar refractivity (Wildman–Crippen MR) is 125 cm³/mol. The number of carbonyl (C=O) groups excluding carboxylic acids is 1. The van der Waals surface area contributed by atoms with Gasteiger partial charge in [-0.15, -0.1) is 28.1 Å². The largest absolute Gasteiger partial charge is 0.325 e. The fourth-order valence-electron chi connectivity index (χ4n) is 3.72. The molecular weight excluding hydrogens is 412 g/mol. The Morgan fingerprint density at radius 2 is 2.17 bits per heavy atom. The molecule has 0 aliphatic heterocycles. The van der Waals surface area contributed by atoms with Gasteiger partial charge < -0.3 is 5.32 Å². The van der Waals surface area contributed by atoms with Gasteiger partial charge in [0.25, 0.3) is 0 Å². The number of hydrogen-bond donors (Lipinski definition) is 1. The number of aryl methyl sites for hydroxylation is 1. The van der Waals surface area contributed by atoms with Gasteiger partial charge >= 0.3 is 0 Å². The number of thiophene rings is 1. The first-order chi connectivity index (χ1) is 14.5. The summed E-state index contributed by atoms with van der Waals surface area (Å²) in [6.07, 6.45) is 5.31. The van der Waals surface area contributed by atoms with E-state index >= 15 is 0 Å². The first kappa shape index (κ1) is 20.9. The quantitative estimate of drug-likeness (QED) is 0.399. The van der Waals surface area contributed by atoms with Crippen molar-refractivity contribution >= 4 is 34.7 Å². The molecule has 1 N–H and O–H groups in total. The summed E-state index contributed by atoms with van der Waals surface area (Å²) in [5, 5.41) is 14.8. The molecule has 0 fully saturated rings. The second kappa shape index (κ2) is 9.18. The maximum atomic E-state index is 12.4. The molecule has 1 aromatic carbocycles. The van der Waals surface area contributed by atoms with Gasteiger partial charge in [0.2, 0.25) is 5.91 Å². The molecule has 1 unspecified atom stereocenters. The fraction of sp³-hybridized carbons (Fsp3) is 0.348. The lowest BCUT2D eigenvalue weighted by Crippen LogP contribution is -2.14. The molecule has 1 atom stereocenters. The van der Waals surface area contributed by atoms with Gasteiger partial charge in [0.15, 0.2) is 11.0 Å². The molecule has 0 bridgehead atoms. The molecule has 156 valence electrons. The van der Waals surface area contributed by atoms with Crippen molar-refractivity contribution < 1.29 is 4.79 Å². The molecule has 0 saturated carbocycles. The molecule has 1 aliphatic carbocycles. The topological polar surface area (TPSA) is 59.8 Å². The highest BCUT2D eigenvalue weighted by atomic mass is 32.2. The molecule has 5 nitrogen and oxygen atoms in total. The number of benzene rings is 1. The number of rotatable bonds is 7. The minimum Gasteiger partial charge on any atom is -0.325 e. The number of nitrogens with one attached hydrogen (secondary N) is 1. The minimum atomic E-state index is -0.0551. The monoisotopic (exact) mass is 438 g/mol. The summed E-state index contributed by atoms with van der Waals surface area (Å²) >= 11 is 3.24. The molecule has 1 aliphatic rings. The van der Waals surface area contributed by atoms with Gasteiger partial charge in [-0.05, 0) is 49.8 Å². The van der Waals surface area contributed by atoms with Gasteiger partial charge in [0.1, 0.15) is 0 Å². The Morgan fingerprint density at radius 1 is 1.37 bits per heavy atom. The number of nitrogens with zero attached hydrogens (tertiary/aromatic N) is 3. The second-order valence-electron chi connectivity index (χ2n) is 7.81. The fourth-order valence-corrected chi connectivity index (χ4v) is 5.71. The van der Waals surface area contributed by atoms with Gasteiger partial charge in [0, 0.05) is 28.1 Å². The zero-order valence-electron chi connectivity index (χ0n) is 17.4. The molecule has 0 saturated heterocycles. The van der Waals surface area contributed by atoms with Crippen LogP contribution in [0, 0.1) is 12.8 Å². The molecule has 0 spiro atoms. The summed E-state index contributed by atoms with van der Waals surface area (Å²) in [7, 11) is 0. The molecule has 0 radical (unpaired) electrons. The highest BCUT2D eigenvalue weighted by Crippen LogP contribution is 2.38. The van der Waals surface area contributed by atoms with Crippen LogP contribution in [0.1, 0.15) is 29.3 Å². The molecule has 2 aromatic heterocycles. The van der Waals surface area contributed by atoms with Crippen LogP contribution in [-0.4, -0.2) is 26.4 Å². The number of amides is 1. The summed E-state index contributed by atoms with van der Waals surface area (Å²) in [5.41, 5.74) is 4.58. The average molecular weight is 439 g/mol. The number of aromatic nitrogens is 3. The number of carbonyl (C=O) groups is 1. The number of anilines is 1. The van der Waals surface area contributed by atoms with Crippen LogP contribution in [0.5, 0.6) is 0 Å². The second-order valence-corrected chi connectivity index (χ2v) is 9.71. The van der Waals surface area contributed by atoms with Crippen LogP contribution in [0.2, 0.25) is 0 Å². The van der Waals surface area contributed by atoms with Crippen molar-refractivity contribution in [3.63, 3.8) is 0 Å². The highest BCUT2D eigenvalue weighted by Gasteiger charge is 2.24. The van der Waals surface area contributed by atoms with Gasteiger partial charge in [-0.2, -0.15) is 0 Å². The Balaban J connectivity index is 1.50. The van der Waals surface area contributed by atoms with Crippen LogP contribution < -0.4 is 5.32 Å². The summed E-state index contributed by atoms with van der Waals surface area (Å²) in [4.78, 5) is 13.9. The average Bonchev–Trinajstić information content (AvgIpc) is 3.32. The zero-order valence-corrected chi connectivity index (χ0v) is 19.0. The Hall–Kier alpha value is -2.38. The van der Waals surface area contributed by atoms with E-state index in [-0.39, 0.29) is 11.7 Å². The third kappa shape index (κ3) is 4.52. The van der Waals surface area contributed by atoms with E-state index < -0.39 is 0 Å². The Bertz CT molecular complexity index is 1050. The molecular formula is C23H26N4OS2. The number of fused-ring (bicyclic) bond motifs is 1. The third-order valence-corrected chi connectivity index (χ3v) is 7.36. The molecule has 2 heterocycles. The lowest BCUT2D eigenvalue weighted by molar-refractivity contribution is -0.113. The van der Waals surface area contributed by atoms with E-state index in [1.807, 2.05) is 48.6 Å². The van der Waals surface area contributed by atoms with Crippen molar-refractivity contribution in [1.82, 2.24) is 14.8 Å². The summed E-state index contributed by atoms with van der Waals surface area (Å²) in [6.45, 7) is 8.85.